The number of Topliss-reactive ketones (excluding diaryl/α,β-unsaturated/α-hetero) is 1. The molecule has 0 aliphatic heterocycles. The third-order valence-electron chi connectivity index (χ3n) is 3.35. The summed E-state index contributed by atoms with van der Waals surface area (Å²) < 4.78 is 0. The molecule has 0 radical (unpaired) electrons. The number of benzene rings is 1. The van der Waals surface area contributed by atoms with Crippen LogP contribution in [0.5, 0.6) is 0 Å². The predicted octanol–water partition coefficient (Wildman–Crippen LogP) is 4.10. The number of alkyl halides is 1. The minimum Gasteiger partial charge on any atom is -0.298 e. The number of hydrogen-bond donors (Lipinski definition) is 0. The summed E-state index contributed by atoms with van der Waals surface area (Å²) in [6.45, 7) is 4.39. The van der Waals surface area contributed by atoms with Crippen molar-refractivity contribution in [3.63, 3.8) is 0 Å². The van der Waals surface area contributed by atoms with Gasteiger partial charge in [0.1, 0.15) is 5.78 Å². The van der Waals surface area contributed by atoms with Gasteiger partial charge in [0.15, 0.2) is 0 Å². The molecule has 1 unspecified atom stereocenters. The van der Waals surface area contributed by atoms with Crippen LogP contribution in [0.15, 0.2) is 24.3 Å². The van der Waals surface area contributed by atoms with Crippen LogP contribution in [0.1, 0.15) is 43.7 Å². The van der Waals surface area contributed by atoms with Crippen LogP contribution in [-0.4, -0.2) is 10.6 Å². The molecule has 1 fully saturated rings. The Morgan fingerprint density at radius 3 is 2.35 bits per heavy atom. The summed E-state index contributed by atoms with van der Waals surface area (Å²) in [6, 6.07) is 8.62. The maximum Gasteiger partial charge on any atom is 0.149 e. The van der Waals surface area contributed by atoms with Crippen molar-refractivity contribution in [3.8, 4) is 0 Å². The smallest absolute Gasteiger partial charge is 0.149 e. The molecule has 1 aliphatic rings. The zero-order valence-corrected chi connectivity index (χ0v) is 12.0. The quantitative estimate of drug-likeness (QED) is 0.748. The molecule has 0 aromatic heterocycles. The second-order valence-electron chi connectivity index (χ2n) is 5.24. The first-order chi connectivity index (χ1) is 8.08. The Hall–Kier alpha value is -0.630. The van der Waals surface area contributed by atoms with Crippen molar-refractivity contribution in [2.24, 2.45) is 5.92 Å². The second kappa shape index (κ2) is 5.34. The summed E-state index contributed by atoms with van der Waals surface area (Å²) in [7, 11) is 0. The maximum atomic E-state index is 11.8. The second-order valence-corrected chi connectivity index (χ2v) is 6.35. The highest BCUT2D eigenvalue weighted by Crippen LogP contribution is 2.33. The largest absolute Gasteiger partial charge is 0.298 e. The number of rotatable bonds is 5. The molecule has 0 saturated heterocycles. The molecule has 1 aromatic rings. The van der Waals surface area contributed by atoms with Gasteiger partial charge in [-0.1, -0.05) is 54.0 Å². The van der Waals surface area contributed by atoms with Crippen LogP contribution < -0.4 is 0 Å². The summed E-state index contributed by atoms with van der Waals surface area (Å²) in [6.07, 6.45) is 2.99. The van der Waals surface area contributed by atoms with Crippen LogP contribution in [0.4, 0.5) is 0 Å². The molecule has 92 valence electrons. The molecule has 0 bridgehead atoms. The van der Waals surface area contributed by atoms with E-state index in [1.54, 1.807) is 0 Å². The first-order valence-corrected chi connectivity index (χ1v) is 7.26. The summed E-state index contributed by atoms with van der Waals surface area (Å²) in [4.78, 5) is 11.8. The summed E-state index contributed by atoms with van der Waals surface area (Å²) >= 11 is 3.52. The Bertz CT molecular complexity index is 390. The van der Waals surface area contributed by atoms with Gasteiger partial charge in [-0.15, -0.1) is 0 Å². The lowest BCUT2D eigenvalue weighted by Gasteiger charge is -2.10. The Morgan fingerprint density at radius 2 is 1.88 bits per heavy atom. The van der Waals surface area contributed by atoms with Crippen molar-refractivity contribution in [3.05, 3.63) is 35.4 Å². The fourth-order valence-corrected chi connectivity index (χ4v) is 2.72. The van der Waals surface area contributed by atoms with Gasteiger partial charge in [0.2, 0.25) is 0 Å². The number of hydrogen-bond acceptors (Lipinski definition) is 1. The summed E-state index contributed by atoms with van der Waals surface area (Å²) in [5.41, 5.74) is 2.60. The van der Waals surface area contributed by atoms with E-state index in [1.165, 1.54) is 11.1 Å². The minimum atomic E-state index is -0.0000926. The standard InChI is InChI=1S/C15H19BrO/c1-10(2)12-5-3-11(4-6-12)9-14(16)15(17)13-7-8-13/h3-6,10,13-14H,7-9H2,1-2H3. The average Bonchev–Trinajstić information content (AvgIpc) is 3.12. The van der Waals surface area contributed by atoms with E-state index in [4.69, 9.17) is 0 Å². The van der Waals surface area contributed by atoms with E-state index in [0.717, 1.165) is 19.3 Å². The highest BCUT2D eigenvalue weighted by Gasteiger charge is 2.33. The third-order valence-corrected chi connectivity index (χ3v) is 4.12. The van der Waals surface area contributed by atoms with Crippen LogP contribution in [0.3, 0.4) is 0 Å². The Labute approximate surface area is 112 Å². The van der Waals surface area contributed by atoms with Crippen LogP contribution in [0.25, 0.3) is 0 Å². The van der Waals surface area contributed by atoms with Crippen molar-refractivity contribution in [2.75, 3.05) is 0 Å². The molecule has 17 heavy (non-hydrogen) atoms. The van der Waals surface area contributed by atoms with Gasteiger partial charge < -0.3 is 0 Å². The van der Waals surface area contributed by atoms with E-state index in [-0.39, 0.29) is 4.83 Å². The molecule has 1 aliphatic carbocycles. The predicted molar refractivity (Wildman–Crippen MR) is 74.7 cm³/mol. The molecule has 1 nitrogen and oxygen atoms in total. The van der Waals surface area contributed by atoms with E-state index in [2.05, 4.69) is 54.0 Å². The van der Waals surface area contributed by atoms with Gasteiger partial charge >= 0.3 is 0 Å². The Kier molecular flexibility index (Phi) is 4.03. The molecule has 0 heterocycles. The summed E-state index contributed by atoms with van der Waals surface area (Å²) in [5, 5.41) is 0. The maximum absolute atomic E-state index is 11.8. The Morgan fingerprint density at radius 1 is 1.29 bits per heavy atom. The van der Waals surface area contributed by atoms with E-state index in [0.29, 0.717) is 17.6 Å². The number of ketones is 1. The van der Waals surface area contributed by atoms with Gasteiger partial charge in [0.05, 0.1) is 4.83 Å². The van der Waals surface area contributed by atoms with Crippen LogP contribution in [-0.2, 0) is 11.2 Å². The molecule has 1 atom stereocenters. The van der Waals surface area contributed by atoms with Crippen molar-refractivity contribution < 1.29 is 4.79 Å². The SMILES string of the molecule is CC(C)c1ccc(CC(Br)C(=O)C2CC2)cc1. The molecule has 0 amide bonds. The molecule has 1 saturated carbocycles. The molecule has 0 spiro atoms. The van der Waals surface area contributed by atoms with Gasteiger partial charge in [-0.05, 0) is 36.3 Å². The lowest BCUT2D eigenvalue weighted by molar-refractivity contribution is -0.119. The first kappa shape index (κ1) is 12.8. The van der Waals surface area contributed by atoms with Crippen LogP contribution >= 0.6 is 15.9 Å². The molecular formula is C15H19BrO. The van der Waals surface area contributed by atoms with E-state index in [9.17, 15) is 4.79 Å². The fraction of sp³-hybridized carbons (Fsp3) is 0.533. The topological polar surface area (TPSA) is 17.1 Å². The average molecular weight is 295 g/mol. The number of carbonyl (C=O) groups is 1. The zero-order valence-electron chi connectivity index (χ0n) is 10.4. The molecular weight excluding hydrogens is 276 g/mol. The third kappa shape index (κ3) is 3.41. The van der Waals surface area contributed by atoms with Gasteiger partial charge in [-0.2, -0.15) is 0 Å². The van der Waals surface area contributed by atoms with E-state index >= 15 is 0 Å². The fourth-order valence-electron chi connectivity index (χ4n) is 1.97. The van der Waals surface area contributed by atoms with E-state index < -0.39 is 0 Å². The van der Waals surface area contributed by atoms with Crippen molar-refractivity contribution >= 4 is 21.7 Å². The van der Waals surface area contributed by atoms with Crippen molar-refractivity contribution in [2.45, 2.75) is 43.9 Å². The van der Waals surface area contributed by atoms with Crippen molar-refractivity contribution in [1.82, 2.24) is 0 Å². The van der Waals surface area contributed by atoms with Crippen LogP contribution in [0.2, 0.25) is 0 Å². The lowest BCUT2D eigenvalue weighted by atomic mass is 9.99. The van der Waals surface area contributed by atoms with Gasteiger partial charge in [0, 0.05) is 5.92 Å². The minimum absolute atomic E-state index is 0.0000926. The monoisotopic (exact) mass is 294 g/mol. The van der Waals surface area contributed by atoms with Crippen molar-refractivity contribution in [1.29, 1.82) is 0 Å². The van der Waals surface area contributed by atoms with Gasteiger partial charge in [-0.3, -0.25) is 4.79 Å². The van der Waals surface area contributed by atoms with Crippen LogP contribution in [0, 0.1) is 5.92 Å². The Balaban J connectivity index is 1.96. The highest BCUT2D eigenvalue weighted by atomic mass is 79.9. The van der Waals surface area contributed by atoms with E-state index in [1.807, 2.05) is 0 Å². The molecule has 2 rings (SSSR count). The zero-order chi connectivity index (χ0) is 12.4. The first-order valence-electron chi connectivity index (χ1n) is 6.34. The number of halogens is 1. The normalized spacial score (nSPS) is 17.2. The lowest BCUT2D eigenvalue weighted by Crippen LogP contribution is -2.18. The van der Waals surface area contributed by atoms with Gasteiger partial charge in [-0.25, -0.2) is 0 Å². The van der Waals surface area contributed by atoms with Gasteiger partial charge in [0.25, 0.3) is 0 Å². The molecule has 2 heteroatoms. The highest BCUT2D eigenvalue weighted by molar-refractivity contribution is 9.10. The number of carbonyl (C=O) groups excluding carboxylic acids is 1. The molecule has 0 N–H and O–H groups in total. The summed E-state index contributed by atoms with van der Waals surface area (Å²) in [5.74, 6) is 1.30. The molecule has 1 aromatic carbocycles.